The third-order valence-electron chi connectivity index (χ3n) is 5.16. The second-order valence-electron chi connectivity index (χ2n) is 7.36. The number of halogens is 1. The average molecular weight is 492 g/mol. The Morgan fingerprint density at radius 1 is 1.04 bits per heavy atom. The van der Waals surface area contributed by atoms with Crippen LogP contribution in [0.2, 0.25) is 13.8 Å². The van der Waals surface area contributed by atoms with E-state index in [-0.39, 0.29) is 5.82 Å². The van der Waals surface area contributed by atoms with Gasteiger partial charge in [0, 0.05) is 0 Å². The van der Waals surface area contributed by atoms with Crippen LogP contribution in [0.4, 0.5) is 4.39 Å². The van der Waals surface area contributed by atoms with Gasteiger partial charge in [0.2, 0.25) is 0 Å². The predicted octanol–water partition coefficient (Wildman–Crippen LogP) is 5.91. The van der Waals surface area contributed by atoms with Crippen LogP contribution in [-0.2, 0) is 0 Å². The van der Waals surface area contributed by atoms with Gasteiger partial charge in [-0.05, 0) is 0 Å². The summed E-state index contributed by atoms with van der Waals surface area (Å²) in [6.45, 7) is 4.52. The molecular weight excluding hydrogens is 464 g/mol. The topological polar surface area (TPSA) is 30.2 Å². The van der Waals surface area contributed by atoms with Crippen LogP contribution in [0.1, 0.15) is 39.5 Å². The van der Waals surface area contributed by atoms with Crippen molar-refractivity contribution in [1.82, 2.24) is 14.6 Å². The molecule has 3 nitrogen and oxygen atoms in total. The Kier molecular flexibility index (Phi) is 7.20. The van der Waals surface area contributed by atoms with Crippen LogP contribution in [0.15, 0.2) is 52.6 Å². The van der Waals surface area contributed by atoms with Crippen LogP contribution in [0, 0.1) is 5.82 Å². The normalized spacial score (nSPS) is 12.0. The van der Waals surface area contributed by atoms with Gasteiger partial charge in [-0.25, -0.2) is 0 Å². The second-order valence-corrected chi connectivity index (χ2v) is 21.5. The van der Waals surface area contributed by atoms with Crippen molar-refractivity contribution >= 4 is 39.4 Å². The van der Waals surface area contributed by atoms with Crippen LogP contribution >= 0.6 is 11.8 Å². The summed E-state index contributed by atoms with van der Waals surface area (Å²) in [5.41, 5.74) is 1.13. The van der Waals surface area contributed by atoms with Crippen molar-refractivity contribution in [1.29, 1.82) is 0 Å². The van der Waals surface area contributed by atoms with Crippen molar-refractivity contribution in [2.24, 2.45) is 0 Å². The zero-order valence-corrected chi connectivity index (χ0v) is 20.1. The molecule has 3 aromatic rings. The maximum absolute atomic E-state index is 14.2. The van der Waals surface area contributed by atoms with E-state index in [1.54, 1.807) is 18.3 Å². The molecule has 0 fully saturated rings. The van der Waals surface area contributed by atoms with Crippen molar-refractivity contribution in [2.75, 3.05) is 0 Å². The van der Waals surface area contributed by atoms with Gasteiger partial charge >= 0.3 is 170 Å². The van der Waals surface area contributed by atoms with Gasteiger partial charge < -0.3 is 0 Å². The summed E-state index contributed by atoms with van der Waals surface area (Å²) in [6, 6.07) is 11.0. The number of nitrogens with zero attached hydrogens (tertiary/aromatic N) is 3. The summed E-state index contributed by atoms with van der Waals surface area (Å²) in [7, 11) is 0. The Bertz CT molecular complexity index is 888. The van der Waals surface area contributed by atoms with Gasteiger partial charge in [-0.3, -0.25) is 0 Å². The molecule has 6 heteroatoms. The van der Waals surface area contributed by atoms with Crippen LogP contribution in [-0.4, -0.2) is 33.0 Å². The monoisotopic (exact) mass is 493 g/mol. The first-order valence-electron chi connectivity index (χ1n) is 9.85. The quantitative estimate of drug-likeness (QED) is 0.349. The van der Waals surface area contributed by atoms with Crippen molar-refractivity contribution in [3.05, 3.63) is 48.4 Å². The fourth-order valence-electron chi connectivity index (χ4n) is 3.54. The molecule has 0 saturated carbocycles. The number of hydrogen-bond acceptors (Lipinski definition) is 3. The molecule has 0 unspecified atom stereocenters. The Labute approximate surface area is 169 Å². The molecule has 0 bridgehead atoms. The van der Waals surface area contributed by atoms with E-state index in [1.165, 1.54) is 56.1 Å². The number of rotatable bonds is 9. The molecule has 1 aromatic carbocycles. The van der Waals surface area contributed by atoms with Crippen molar-refractivity contribution < 1.29 is 4.39 Å². The zero-order valence-electron chi connectivity index (χ0n) is 16.4. The Hall–Kier alpha value is -1.08. The molecule has 0 radical (unpaired) electrons. The fourth-order valence-corrected chi connectivity index (χ4v) is 16.6. The van der Waals surface area contributed by atoms with Gasteiger partial charge in [0.1, 0.15) is 0 Å². The van der Waals surface area contributed by atoms with Crippen LogP contribution in [0.25, 0.3) is 5.52 Å². The standard InChI is InChI=1S/C12H7FN3S.2C4H9.CH3.Sn/c13-10-5-1-2-6-11(10)17-12-14-8-9-4-3-7-15-16(9)12;2*1-3-4-2;;/h1-7H;2*1,3-4H2,2H3;1H3;. The molecule has 0 amide bonds. The van der Waals surface area contributed by atoms with Gasteiger partial charge in [0.15, 0.2) is 0 Å². The van der Waals surface area contributed by atoms with Crippen molar-refractivity contribution in [2.45, 2.75) is 63.4 Å². The van der Waals surface area contributed by atoms with Gasteiger partial charge in [0.25, 0.3) is 0 Å². The molecule has 27 heavy (non-hydrogen) atoms. The van der Waals surface area contributed by atoms with E-state index in [1.807, 2.05) is 16.6 Å². The van der Waals surface area contributed by atoms with Crippen LogP contribution in [0.5, 0.6) is 0 Å². The van der Waals surface area contributed by atoms with E-state index in [4.69, 9.17) is 4.98 Å². The summed E-state index contributed by atoms with van der Waals surface area (Å²) in [5, 5.41) is 5.33. The first-order chi connectivity index (χ1) is 13.1. The molecule has 0 atom stereocenters. The number of fused-ring (bicyclic) bond motifs is 1. The summed E-state index contributed by atoms with van der Waals surface area (Å²) in [5.74, 6) is -0.208. The molecule has 0 saturated heterocycles. The third kappa shape index (κ3) is 4.67. The number of benzene rings is 1. The van der Waals surface area contributed by atoms with E-state index in [9.17, 15) is 4.39 Å². The fraction of sp³-hybridized carbons (Fsp3) is 0.429. The first-order valence-corrected chi connectivity index (χ1v) is 19.0. The number of hydrogen-bond donors (Lipinski definition) is 0. The number of unbranched alkanes of at least 4 members (excludes halogenated alkanes) is 2. The molecule has 0 spiro atoms. The van der Waals surface area contributed by atoms with E-state index < -0.39 is 18.4 Å². The molecule has 0 aliphatic heterocycles. The summed E-state index contributed by atoms with van der Waals surface area (Å²) < 4.78 is 20.0. The number of imidazole rings is 1. The molecule has 0 N–H and O–H groups in total. The van der Waals surface area contributed by atoms with Gasteiger partial charge in [0.05, 0.1) is 0 Å². The molecule has 2 heterocycles. The summed E-state index contributed by atoms with van der Waals surface area (Å²) in [6.07, 6.45) is 6.77. The molecule has 0 aliphatic carbocycles. The first kappa shape index (κ1) is 20.6. The third-order valence-corrected chi connectivity index (χ3v) is 18.8. The van der Waals surface area contributed by atoms with Gasteiger partial charge in [-0.1, -0.05) is 0 Å². The minimum absolute atomic E-state index is 0.208. The molecule has 3 rings (SSSR count). The van der Waals surface area contributed by atoms with Crippen LogP contribution in [0.3, 0.4) is 0 Å². The minimum atomic E-state index is -2.61. The Morgan fingerprint density at radius 3 is 2.41 bits per heavy atom. The van der Waals surface area contributed by atoms with Crippen LogP contribution < -0.4 is 3.71 Å². The van der Waals surface area contributed by atoms with Gasteiger partial charge in [-0.2, -0.15) is 0 Å². The Balaban J connectivity index is 2.06. The van der Waals surface area contributed by atoms with Crippen molar-refractivity contribution in [3.8, 4) is 0 Å². The average Bonchev–Trinajstić information content (AvgIpc) is 3.06. The Morgan fingerprint density at radius 2 is 1.74 bits per heavy atom. The van der Waals surface area contributed by atoms with E-state index in [2.05, 4.69) is 30.0 Å². The molecule has 144 valence electrons. The molecule has 0 aliphatic rings. The van der Waals surface area contributed by atoms with Gasteiger partial charge in [-0.15, -0.1) is 0 Å². The molecular formula is C21H28FN3SSn. The zero-order chi connectivity index (χ0) is 19.3. The maximum atomic E-state index is 14.2. The summed E-state index contributed by atoms with van der Waals surface area (Å²) in [4.78, 5) is 8.23. The van der Waals surface area contributed by atoms with E-state index in [0.29, 0.717) is 4.90 Å². The predicted molar refractivity (Wildman–Crippen MR) is 114 cm³/mol. The second kappa shape index (κ2) is 9.41. The van der Waals surface area contributed by atoms with Crippen molar-refractivity contribution in [3.63, 3.8) is 0 Å². The molecule has 2 aromatic heterocycles. The summed E-state index contributed by atoms with van der Waals surface area (Å²) >= 11 is -1.23. The SMILES string of the molecule is CCC[CH2][Sn]([CH3])([CH2]CCC)[c]1nc(Sc2ccccc2F)n2ncccc12. The van der Waals surface area contributed by atoms with E-state index in [0.717, 1.165) is 10.7 Å². The number of aromatic nitrogens is 3. The van der Waals surface area contributed by atoms with E-state index >= 15 is 0 Å².